The SMILES string of the molecule is C[C@H](NC(=O)NCCN1CCCCCC1=O)c1cccs1. The minimum Gasteiger partial charge on any atom is -0.341 e. The molecule has 1 aromatic rings. The van der Waals surface area contributed by atoms with Gasteiger partial charge < -0.3 is 15.5 Å². The summed E-state index contributed by atoms with van der Waals surface area (Å²) >= 11 is 1.63. The Balaban J connectivity index is 1.68. The molecule has 21 heavy (non-hydrogen) atoms. The third-order valence-electron chi connectivity index (χ3n) is 3.66. The third-order valence-corrected chi connectivity index (χ3v) is 4.71. The quantitative estimate of drug-likeness (QED) is 0.878. The molecule has 2 N–H and O–H groups in total. The average molecular weight is 309 g/mol. The van der Waals surface area contributed by atoms with E-state index in [-0.39, 0.29) is 18.0 Å². The maximum atomic E-state index is 11.8. The predicted molar refractivity (Wildman–Crippen MR) is 84.3 cm³/mol. The summed E-state index contributed by atoms with van der Waals surface area (Å²) < 4.78 is 0. The number of rotatable bonds is 5. The van der Waals surface area contributed by atoms with E-state index in [9.17, 15) is 9.59 Å². The van der Waals surface area contributed by atoms with Crippen LogP contribution in [-0.4, -0.2) is 36.5 Å². The number of carbonyl (C=O) groups excluding carboxylic acids is 2. The smallest absolute Gasteiger partial charge is 0.315 e. The van der Waals surface area contributed by atoms with Crippen molar-refractivity contribution in [3.63, 3.8) is 0 Å². The van der Waals surface area contributed by atoms with Crippen LogP contribution < -0.4 is 10.6 Å². The number of hydrogen-bond acceptors (Lipinski definition) is 3. The highest BCUT2D eigenvalue weighted by Crippen LogP contribution is 2.17. The van der Waals surface area contributed by atoms with Crippen molar-refractivity contribution in [3.8, 4) is 0 Å². The molecule has 2 rings (SSSR count). The first-order chi connectivity index (χ1) is 10.2. The maximum absolute atomic E-state index is 11.8. The number of likely N-dealkylation sites (tertiary alicyclic amines) is 1. The highest BCUT2D eigenvalue weighted by Gasteiger charge is 2.16. The van der Waals surface area contributed by atoms with E-state index in [2.05, 4.69) is 10.6 Å². The molecule has 0 saturated carbocycles. The lowest BCUT2D eigenvalue weighted by atomic mass is 10.2. The van der Waals surface area contributed by atoms with E-state index in [1.165, 1.54) is 0 Å². The monoisotopic (exact) mass is 309 g/mol. The Morgan fingerprint density at radius 1 is 1.43 bits per heavy atom. The van der Waals surface area contributed by atoms with E-state index in [0.29, 0.717) is 19.5 Å². The van der Waals surface area contributed by atoms with Crippen molar-refractivity contribution in [1.29, 1.82) is 0 Å². The van der Waals surface area contributed by atoms with Gasteiger partial charge in [-0.15, -0.1) is 11.3 Å². The number of nitrogens with one attached hydrogen (secondary N) is 2. The van der Waals surface area contributed by atoms with Gasteiger partial charge in [0.2, 0.25) is 5.91 Å². The summed E-state index contributed by atoms with van der Waals surface area (Å²) in [6.45, 7) is 3.87. The normalized spacial score (nSPS) is 17.2. The average Bonchev–Trinajstić information content (AvgIpc) is 2.92. The highest BCUT2D eigenvalue weighted by molar-refractivity contribution is 7.10. The molecule has 2 heterocycles. The Hall–Kier alpha value is -1.56. The van der Waals surface area contributed by atoms with E-state index in [0.717, 1.165) is 30.7 Å². The Bertz CT molecular complexity index is 461. The molecule has 1 aromatic heterocycles. The summed E-state index contributed by atoms with van der Waals surface area (Å²) in [6, 6.07) is 3.80. The van der Waals surface area contributed by atoms with Gasteiger partial charge in [0.05, 0.1) is 6.04 Å². The zero-order chi connectivity index (χ0) is 15.1. The Morgan fingerprint density at radius 3 is 3.05 bits per heavy atom. The lowest BCUT2D eigenvalue weighted by Crippen LogP contribution is -2.42. The standard InChI is InChI=1S/C15H23N3O2S/c1-12(13-6-5-11-21-13)17-15(20)16-8-10-18-9-4-2-3-7-14(18)19/h5-6,11-12H,2-4,7-10H2,1H3,(H2,16,17,20)/t12-/m0/s1. The fraction of sp³-hybridized carbons (Fsp3) is 0.600. The van der Waals surface area contributed by atoms with Crippen LogP contribution in [0, 0.1) is 0 Å². The zero-order valence-electron chi connectivity index (χ0n) is 12.4. The number of carbonyl (C=O) groups is 2. The molecule has 6 heteroatoms. The number of thiophene rings is 1. The van der Waals surface area contributed by atoms with Gasteiger partial charge in [-0.25, -0.2) is 4.79 Å². The summed E-state index contributed by atoms with van der Waals surface area (Å²) in [7, 11) is 0. The minimum absolute atomic E-state index is 0.00446. The van der Waals surface area contributed by atoms with Crippen LogP contribution in [0.2, 0.25) is 0 Å². The lowest BCUT2D eigenvalue weighted by Gasteiger charge is -2.21. The molecule has 116 valence electrons. The molecule has 1 aliphatic rings. The maximum Gasteiger partial charge on any atom is 0.315 e. The molecule has 1 fully saturated rings. The Kier molecular flexibility index (Phi) is 6.04. The van der Waals surface area contributed by atoms with Gasteiger partial charge in [0.25, 0.3) is 0 Å². The van der Waals surface area contributed by atoms with Crippen LogP contribution in [0.5, 0.6) is 0 Å². The van der Waals surface area contributed by atoms with Crippen molar-refractivity contribution in [1.82, 2.24) is 15.5 Å². The second-order valence-electron chi connectivity index (χ2n) is 5.33. The largest absolute Gasteiger partial charge is 0.341 e. The minimum atomic E-state index is -0.182. The van der Waals surface area contributed by atoms with E-state index >= 15 is 0 Å². The molecular weight excluding hydrogens is 286 g/mol. The molecular formula is C15H23N3O2S. The third kappa shape index (κ3) is 5.04. The van der Waals surface area contributed by atoms with Gasteiger partial charge in [-0.05, 0) is 31.2 Å². The van der Waals surface area contributed by atoms with Gasteiger partial charge in [0, 0.05) is 30.9 Å². The lowest BCUT2D eigenvalue weighted by molar-refractivity contribution is -0.130. The molecule has 1 aliphatic heterocycles. The van der Waals surface area contributed by atoms with Crippen LogP contribution in [0.15, 0.2) is 17.5 Å². The van der Waals surface area contributed by atoms with Crippen LogP contribution in [0.4, 0.5) is 4.79 Å². The van der Waals surface area contributed by atoms with Crippen LogP contribution in [-0.2, 0) is 4.79 Å². The second kappa shape index (κ2) is 8.02. The van der Waals surface area contributed by atoms with Gasteiger partial charge in [-0.3, -0.25) is 4.79 Å². The molecule has 1 atom stereocenters. The topological polar surface area (TPSA) is 61.4 Å². The molecule has 0 unspecified atom stereocenters. The number of hydrogen-bond donors (Lipinski definition) is 2. The number of urea groups is 1. The van der Waals surface area contributed by atoms with Crippen LogP contribution in [0.1, 0.15) is 43.5 Å². The van der Waals surface area contributed by atoms with Gasteiger partial charge in [-0.1, -0.05) is 12.5 Å². The van der Waals surface area contributed by atoms with Gasteiger partial charge >= 0.3 is 6.03 Å². The molecule has 0 bridgehead atoms. The predicted octanol–water partition coefficient (Wildman–Crippen LogP) is 2.51. The molecule has 1 saturated heterocycles. The number of nitrogens with zero attached hydrogens (tertiary/aromatic N) is 1. The van der Waals surface area contributed by atoms with Crippen molar-refractivity contribution < 1.29 is 9.59 Å². The van der Waals surface area contributed by atoms with E-state index in [1.54, 1.807) is 11.3 Å². The molecule has 0 aromatic carbocycles. The van der Waals surface area contributed by atoms with Crippen molar-refractivity contribution >= 4 is 23.3 Å². The molecule has 0 spiro atoms. The number of amides is 3. The van der Waals surface area contributed by atoms with Gasteiger partial charge in [0.1, 0.15) is 0 Å². The van der Waals surface area contributed by atoms with Crippen molar-refractivity contribution in [3.05, 3.63) is 22.4 Å². The second-order valence-corrected chi connectivity index (χ2v) is 6.31. The summed E-state index contributed by atoms with van der Waals surface area (Å²) in [6.07, 6.45) is 3.81. The fourth-order valence-electron chi connectivity index (χ4n) is 2.44. The first-order valence-electron chi connectivity index (χ1n) is 7.52. The first-order valence-corrected chi connectivity index (χ1v) is 8.40. The van der Waals surface area contributed by atoms with Crippen LogP contribution in [0.25, 0.3) is 0 Å². The zero-order valence-corrected chi connectivity index (χ0v) is 13.2. The van der Waals surface area contributed by atoms with E-state index in [4.69, 9.17) is 0 Å². The molecule has 5 nitrogen and oxygen atoms in total. The molecule has 0 aliphatic carbocycles. The van der Waals surface area contributed by atoms with E-state index < -0.39 is 0 Å². The van der Waals surface area contributed by atoms with Crippen molar-refractivity contribution in [2.45, 2.75) is 38.6 Å². The van der Waals surface area contributed by atoms with Gasteiger partial charge in [0.15, 0.2) is 0 Å². The Morgan fingerprint density at radius 2 is 2.29 bits per heavy atom. The van der Waals surface area contributed by atoms with Crippen LogP contribution in [0.3, 0.4) is 0 Å². The molecule has 3 amide bonds. The highest BCUT2D eigenvalue weighted by atomic mass is 32.1. The first kappa shape index (κ1) is 15.8. The summed E-state index contributed by atoms with van der Waals surface area (Å²) in [5.41, 5.74) is 0. The molecule has 0 radical (unpaired) electrons. The van der Waals surface area contributed by atoms with Gasteiger partial charge in [-0.2, -0.15) is 0 Å². The Labute approximate surface area is 129 Å². The van der Waals surface area contributed by atoms with Crippen molar-refractivity contribution in [2.75, 3.05) is 19.6 Å². The summed E-state index contributed by atoms with van der Waals surface area (Å²) in [5, 5.41) is 7.72. The van der Waals surface area contributed by atoms with Crippen LogP contribution >= 0.6 is 11.3 Å². The summed E-state index contributed by atoms with van der Waals surface area (Å²) in [4.78, 5) is 26.6. The van der Waals surface area contributed by atoms with E-state index in [1.807, 2.05) is 29.3 Å². The summed E-state index contributed by atoms with van der Waals surface area (Å²) in [5.74, 6) is 0.210. The fourth-order valence-corrected chi connectivity index (χ4v) is 3.17. The van der Waals surface area contributed by atoms with Crippen molar-refractivity contribution in [2.24, 2.45) is 0 Å².